The Morgan fingerprint density at radius 1 is 0.893 bits per heavy atom. The Labute approximate surface area is 161 Å². The Hall–Kier alpha value is -3.80. The number of hydrogen-bond donors (Lipinski definition) is 1. The first-order valence-electron chi connectivity index (χ1n) is 8.85. The predicted octanol–water partition coefficient (Wildman–Crippen LogP) is 2.81. The first-order valence-corrected chi connectivity index (χ1v) is 8.85. The van der Waals surface area contributed by atoms with Crippen LogP contribution in [0.5, 0.6) is 0 Å². The van der Waals surface area contributed by atoms with Crippen molar-refractivity contribution in [2.75, 3.05) is 0 Å². The molecule has 0 spiro atoms. The number of imide groups is 1. The molecule has 4 rings (SSSR count). The largest absolute Gasteiger partial charge is 0.348 e. The maximum atomic E-state index is 12.5. The molecule has 0 aliphatic carbocycles. The zero-order valence-corrected chi connectivity index (χ0v) is 15.0. The van der Waals surface area contributed by atoms with Crippen LogP contribution in [0, 0.1) is 0 Å². The summed E-state index contributed by atoms with van der Waals surface area (Å²) in [6.07, 6.45) is 3.37. The van der Waals surface area contributed by atoms with Crippen LogP contribution in [-0.2, 0) is 13.1 Å². The van der Waals surface area contributed by atoms with Crippen LogP contribution in [0.1, 0.15) is 42.2 Å². The molecular weight excluding hydrogens is 354 g/mol. The molecule has 28 heavy (non-hydrogen) atoms. The fraction of sp³-hybridized carbons (Fsp3) is 0.0909. The normalized spacial score (nSPS) is 12.8. The van der Waals surface area contributed by atoms with Crippen molar-refractivity contribution in [3.8, 4) is 0 Å². The second-order valence-corrected chi connectivity index (χ2v) is 6.49. The molecule has 3 aromatic rings. The van der Waals surface area contributed by atoms with Crippen molar-refractivity contribution in [1.82, 2.24) is 15.2 Å². The third kappa shape index (κ3) is 3.40. The topological polar surface area (TPSA) is 79.4 Å². The second-order valence-electron chi connectivity index (χ2n) is 6.49. The van der Waals surface area contributed by atoms with Gasteiger partial charge in [-0.15, -0.1) is 0 Å². The lowest BCUT2D eigenvalue weighted by molar-refractivity contribution is 0.0642. The summed E-state index contributed by atoms with van der Waals surface area (Å²) in [5, 5.41) is 2.84. The van der Waals surface area contributed by atoms with Gasteiger partial charge in [-0.1, -0.05) is 30.3 Å². The zero-order valence-electron chi connectivity index (χ0n) is 15.0. The van der Waals surface area contributed by atoms with E-state index in [4.69, 9.17) is 0 Å². The molecule has 2 aromatic carbocycles. The van der Waals surface area contributed by atoms with Crippen LogP contribution in [0.4, 0.5) is 0 Å². The second kappa shape index (κ2) is 7.44. The van der Waals surface area contributed by atoms with E-state index >= 15 is 0 Å². The van der Waals surface area contributed by atoms with Crippen molar-refractivity contribution in [2.45, 2.75) is 13.1 Å². The summed E-state index contributed by atoms with van der Waals surface area (Å²) in [7, 11) is 0. The smallest absolute Gasteiger partial charge is 0.261 e. The lowest BCUT2D eigenvalue weighted by Gasteiger charge is -2.14. The van der Waals surface area contributed by atoms with Gasteiger partial charge in [-0.2, -0.15) is 0 Å². The van der Waals surface area contributed by atoms with E-state index in [1.165, 1.54) is 4.90 Å². The van der Waals surface area contributed by atoms with Gasteiger partial charge in [0.15, 0.2) is 0 Å². The standard InChI is InChI=1S/C22H17N3O3/c26-20(24-13-16-6-4-10-23-12-16)17-7-3-5-15(11-17)14-25-21(27)18-8-1-2-9-19(18)22(25)28/h1-12H,13-14H2,(H,24,26). The lowest BCUT2D eigenvalue weighted by atomic mass is 10.1. The Morgan fingerprint density at radius 2 is 1.61 bits per heavy atom. The average Bonchev–Trinajstić information content (AvgIpc) is 2.98. The fourth-order valence-electron chi connectivity index (χ4n) is 3.16. The van der Waals surface area contributed by atoms with Crippen LogP contribution >= 0.6 is 0 Å². The van der Waals surface area contributed by atoms with Gasteiger partial charge in [0.1, 0.15) is 0 Å². The number of amides is 3. The molecule has 0 atom stereocenters. The van der Waals surface area contributed by atoms with E-state index in [1.807, 2.05) is 12.1 Å². The number of carbonyl (C=O) groups is 3. The third-order valence-corrected chi connectivity index (χ3v) is 4.58. The fourth-order valence-corrected chi connectivity index (χ4v) is 3.16. The van der Waals surface area contributed by atoms with Crippen molar-refractivity contribution in [3.63, 3.8) is 0 Å². The van der Waals surface area contributed by atoms with Crippen LogP contribution < -0.4 is 5.32 Å². The van der Waals surface area contributed by atoms with Crippen LogP contribution in [0.25, 0.3) is 0 Å². The minimum atomic E-state index is -0.313. The first kappa shape index (κ1) is 17.6. The molecular formula is C22H17N3O3. The Morgan fingerprint density at radius 3 is 2.29 bits per heavy atom. The number of benzene rings is 2. The Bertz CT molecular complexity index is 1030. The number of fused-ring (bicyclic) bond motifs is 1. The van der Waals surface area contributed by atoms with Crippen LogP contribution in [0.2, 0.25) is 0 Å². The highest BCUT2D eigenvalue weighted by atomic mass is 16.2. The number of rotatable bonds is 5. The van der Waals surface area contributed by atoms with Crippen molar-refractivity contribution < 1.29 is 14.4 Å². The van der Waals surface area contributed by atoms with Crippen LogP contribution in [-0.4, -0.2) is 27.6 Å². The summed E-state index contributed by atoms with van der Waals surface area (Å²) in [5.41, 5.74) is 2.91. The molecule has 6 heteroatoms. The maximum Gasteiger partial charge on any atom is 0.261 e. The number of pyridine rings is 1. The van der Waals surface area contributed by atoms with Gasteiger partial charge in [0, 0.05) is 24.5 Å². The van der Waals surface area contributed by atoms with Gasteiger partial charge in [0.05, 0.1) is 17.7 Å². The van der Waals surface area contributed by atoms with E-state index in [2.05, 4.69) is 10.3 Å². The van der Waals surface area contributed by atoms with Gasteiger partial charge in [0.2, 0.25) is 0 Å². The molecule has 138 valence electrons. The molecule has 1 N–H and O–H groups in total. The van der Waals surface area contributed by atoms with Gasteiger partial charge in [-0.3, -0.25) is 24.3 Å². The van der Waals surface area contributed by atoms with Crippen molar-refractivity contribution in [3.05, 3.63) is 101 Å². The molecule has 1 aromatic heterocycles. The van der Waals surface area contributed by atoms with E-state index in [0.29, 0.717) is 28.8 Å². The molecule has 0 radical (unpaired) electrons. The number of nitrogens with one attached hydrogen (secondary N) is 1. The minimum Gasteiger partial charge on any atom is -0.348 e. The Kier molecular flexibility index (Phi) is 4.68. The molecule has 2 heterocycles. The van der Waals surface area contributed by atoms with Gasteiger partial charge in [0.25, 0.3) is 17.7 Å². The molecule has 0 fully saturated rings. The van der Waals surface area contributed by atoms with Gasteiger partial charge < -0.3 is 5.32 Å². The molecule has 6 nitrogen and oxygen atoms in total. The highest BCUT2D eigenvalue weighted by Gasteiger charge is 2.34. The molecule has 1 aliphatic rings. The number of hydrogen-bond acceptors (Lipinski definition) is 4. The molecule has 0 saturated heterocycles. The monoisotopic (exact) mass is 371 g/mol. The molecule has 1 aliphatic heterocycles. The van der Waals surface area contributed by atoms with Crippen molar-refractivity contribution >= 4 is 17.7 Å². The van der Waals surface area contributed by atoms with Crippen molar-refractivity contribution in [2.24, 2.45) is 0 Å². The minimum absolute atomic E-state index is 0.121. The summed E-state index contributed by atoms with van der Waals surface area (Å²) in [6, 6.07) is 17.4. The molecule has 3 amide bonds. The van der Waals surface area contributed by atoms with Gasteiger partial charge in [-0.25, -0.2) is 0 Å². The predicted molar refractivity (Wildman–Crippen MR) is 102 cm³/mol. The van der Waals surface area contributed by atoms with E-state index in [1.54, 1.807) is 60.9 Å². The molecule has 0 saturated carbocycles. The number of aromatic nitrogens is 1. The number of nitrogens with zero attached hydrogens (tertiary/aromatic N) is 2. The van der Waals surface area contributed by atoms with E-state index in [-0.39, 0.29) is 24.3 Å². The quantitative estimate of drug-likeness (QED) is 0.700. The van der Waals surface area contributed by atoms with Crippen LogP contribution in [0.3, 0.4) is 0 Å². The maximum absolute atomic E-state index is 12.5. The Balaban J connectivity index is 1.46. The first-order chi connectivity index (χ1) is 13.6. The highest BCUT2D eigenvalue weighted by molar-refractivity contribution is 6.21. The van der Waals surface area contributed by atoms with Crippen LogP contribution in [0.15, 0.2) is 73.1 Å². The van der Waals surface area contributed by atoms with Gasteiger partial charge in [-0.05, 0) is 41.5 Å². The van der Waals surface area contributed by atoms with Crippen molar-refractivity contribution in [1.29, 1.82) is 0 Å². The van der Waals surface area contributed by atoms with E-state index in [0.717, 1.165) is 5.56 Å². The molecule has 0 unspecified atom stereocenters. The average molecular weight is 371 g/mol. The van der Waals surface area contributed by atoms with E-state index < -0.39 is 0 Å². The summed E-state index contributed by atoms with van der Waals surface area (Å²) >= 11 is 0. The summed E-state index contributed by atoms with van der Waals surface area (Å²) < 4.78 is 0. The highest BCUT2D eigenvalue weighted by Crippen LogP contribution is 2.24. The zero-order chi connectivity index (χ0) is 19.5. The molecule has 0 bridgehead atoms. The SMILES string of the molecule is O=C(NCc1cccnc1)c1cccc(CN2C(=O)c3ccccc3C2=O)c1. The lowest BCUT2D eigenvalue weighted by Crippen LogP contribution is -2.29. The summed E-state index contributed by atoms with van der Waals surface area (Å²) in [5.74, 6) is -0.855. The number of carbonyl (C=O) groups excluding carboxylic acids is 3. The summed E-state index contributed by atoms with van der Waals surface area (Å²) in [4.78, 5) is 42.7. The summed E-state index contributed by atoms with van der Waals surface area (Å²) in [6.45, 7) is 0.491. The van der Waals surface area contributed by atoms with Gasteiger partial charge >= 0.3 is 0 Å². The third-order valence-electron chi connectivity index (χ3n) is 4.58. The van der Waals surface area contributed by atoms with E-state index in [9.17, 15) is 14.4 Å².